The number of nitrogens with one attached hydrogen (secondary N) is 2. The molecule has 0 saturated carbocycles. The Bertz CT molecular complexity index is 729. The van der Waals surface area contributed by atoms with Crippen LogP contribution in [0.4, 0.5) is 0 Å². The van der Waals surface area contributed by atoms with E-state index >= 15 is 0 Å². The second-order valence-corrected chi connectivity index (χ2v) is 6.72. The van der Waals surface area contributed by atoms with Crippen molar-refractivity contribution in [3.8, 4) is 0 Å². The highest BCUT2D eigenvalue weighted by Gasteiger charge is 2.13. The van der Waals surface area contributed by atoms with E-state index in [1.54, 1.807) is 0 Å². The van der Waals surface area contributed by atoms with Crippen LogP contribution in [0.1, 0.15) is 25.8 Å². The van der Waals surface area contributed by atoms with Crippen LogP contribution in [-0.4, -0.2) is 30.9 Å². The molecule has 0 heterocycles. The molecule has 2 rings (SSSR count). The maximum absolute atomic E-state index is 12.2. The smallest absolute Gasteiger partial charge is 0.239 e. The standard InChI is InChI=1S/C20H27N3O2.ClH/c1-14(2)10-17(12-21)23-20(25)13-22-19(24)11-16-8-5-7-15-6-3-4-9-18(15)16;/h3-9,14,17H,10-13,21H2,1-2H3,(H,22,24)(H,23,25);1H. The van der Waals surface area contributed by atoms with Crippen LogP contribution in [0.3, 0.4) is 0 Å². The minimum atomic E-state index is -0.206. The zero-order valence-electron chi connectivity index (χ0n) is 15.3. The van der Waals surface area contributed by atoms with Gasteiger partial charge in [-0.15, -0.1) is 12.4 Å². The van der Waals surface area contributed by atoms with Gasteiger partial charge in [0, 0.05) is 12.6 Å². The maximum Gasteiger partial charge on any atom is 0.239 e. The lowest BCUT2D eigenvalue weighted by Crippen LogP contribution is -2.45. The molecule has 2 aromatic rings. The van der Waals surface area contributed by atoms with Crippen molar-refractivity contribution < 1.29 is 9.59 Å². The summed E-state index contributed by atoms with van der Waals surface area (Å²) in [6.07, 6.45) is 1.08. The highest BCUT2D eigenvalue weighted by molar-refractivity contribution is 5.91. The van der Waals surface area contributed by atoms with Crippen molar-refractivity contribution in [3.63, 3.8) is 0 Å². The quantitative estimate of drug-likeness (QED) is 0.660. The average Bonchev–Trinajstić information content (AvgIpc) is 2.59. The highest BCUT2D eigenvalue weighted by atomic mass is 35.5. The monoisotopic (exact) mass is 377 g/mol. The number of halogens is 1. The van der Waals surface area contributed by atoms with E-state index in [4.69, 9.17) is 5.73 Å². The first-order valence-electron chi connectivity index (χ1n) is 8.72. The first-order chi connectivity index (χ1) is 12.0. The molecular formula is C20H28ClN3O2. The van der Waals surface area contributed by atoms with Crippen molar-refractivity contribution in [1.29, 1.82) is 0 Å². The Morgan fingerprint density at radius 1 is 1.04 bits per heavy atom. The van der Waals surface area contributed by atoms with E-state index in [1.807, 2.05) is 42.5 Å². The van der Waals surface area contributed by atoms with E-state index in [9.17, 15) is 9.59 Å². The molecule has 0 fully saturated rings. The average molecular weight is 378 g/mol. The molecule has 1 atom stereocenters. The summed E-state index contributed by atoms with van der Waals surface area (Å²) in [5.74, 6) is 0.0804. The number of hydrogen-bond acceptors (Lipinski definition) is 3. The van der Waals surface area contributed by atoms with Crippen LogP contribution in [0.2, 0.25) is 0 Å². The van der Waals surface area contributed by atoms with Gasteiger partial charge in [-0.25, -0.2) is 0 Å². The molecule has 0 aliphatic carbocycles. The lowest BCUT2D eigenvalue weighted by atomic mass is 10.0. The van der Waals surface area contributed by atoms with Gasteiger partial charge in [-0.3, -0.25) is 9.59 Å². The third kappa shape index (κ3) is 6.65. The van der Waals surface area contributed by atoms with E-state index in [0.29, 0.717) is 12.5 Å². The van der Waals surface area contributed by atoms with Gasteiger partial charge in [0.15, 0.2) is 0 Å². The molecule has 0 radical (unpaired) electrons. The molecule has 26 heavy (non-hydrogen) atoms. The Hall–Kier alpha value is -2.11. The molecule has 0 aliphatic rings. The summed E-state index contributed by atoms with van der Waals surface area (Å²) in [6, 6.07) is 13.8. The lowest BCUT2D eigenvalue weighted by molar-refractivity contribution is -0.126. The molecule has 0 bridgehead atoms. The van der Waals surface area contributed by atoms with E-state index in [0.717, 1.165) is 22.8 Å². The molecule has 0 spiro atoms. The Kier molecular flexibility index (Phi) is 9.10. The summed E-state index contributed by atoms with van der Waals surface area (Å²) >= 11 is 0. The zero-order valence-corrected chi connectivity index (χ0v) is 16.1. The Labute approximate surface area is 161 Å². The molecule has 1 unspecified atom stereocenters. The van der Waals surface area contributed by atoms with E-state index in [2.05, 4.69) is 24.5 Å². The molecule has 2 amide bonds. The fraction of sp³-hybridized carbons (Fsp3) is 0.400. The topological polar surface area (TPSA) is 84.2 Å². The number of nitrogens with two attached hydrogens (primary N) is 1. The number of carbonyl (C=O) groups is 2. The van der Waals surface area contributed by atoms with Gasteiger partial charge in [0.05, 0.1) is 13.0 Å². The predicted octanol–water partition coefficient (Wildman–Crippen LogP) is 2.41. The first-order valence-corrected chi connectivity index (χ1v) is 8.72. The lowest BCUT2D eigenvalue weighted by Gasteiger charge is -2.19. The van der Waals surface area contributed by atoms with Crippen LogP contribution < -0.4 is 16.4 Å². The summed E-state index contributed by atoms with van der Waals surface area (Å²) in [5, 5.41) is 7.72. The number of amides is 2. The normalized spacial score (nSPS) is 11.7. The van der Waals surface area contributed by atoms with Crippen molar-refractivity contribution in [2.75, 3.05) is 13.1 Å². The van der Waals surface area contributed by atoms with Crippen LogP contribution in [0.25, 0.3) is 10.8 Å². The number of hydrogen-bond donors (Lipinski definition) is 3. The second-order valence-electron chi connectivity index (χ2n) is 6.72. The zero-order chi connectivity index (χ0) is 18.2. The summed E-state index contributed by atoms with van der Waals surface area (Å²) < 4.78 is 0. The molecule has 4 N–H and O–H groups in total. The molecule has 142 valence electrons. The summed E-state index contributed by atoms with van der Waals surface area (Å²) in [5.41, 5.74) is 6.63. The van der Waals surface area contributed by atoms with Crippen LogP contribution in [-0.2, 0) is 16.0 Å². The Balaban J connectivity index is 0.00000338. The van der Waals surface area contributed by atoms with E-state index in [1.165, 1.54) is 0 Å². The number of rotatable bonds is 8. The molecule has 0 aliphatic heterocycles. The maximum atomic E-state index is 12.2. The highest BCUT2D eigenvalue weighted by Crippen LogP contribution is 2.18. The minimum absolute atomic E-state index is 0. The largest absolute Gasteiger partial charge is 0.351 e. The molecule has 6 heteroatoms. The van der Waals surface area contributed by atoms with Crippen LogP contribution >= 0.6 is 12.4 Å². The number of benzene rings is 2. The third-order valence-electron chi connectivity index (χ3n) is 4.08. The first kappa shape index (κ1) is 21.9. The fourth-order valence-corrected chi connectivity index (χ4v) is 2.92. The van der Waals surface area contributed by atoms with Crippen molar-refractivity contribution in [1.82, 2.24) is 10.6 Å². The predicted molar refractivity (Wildman–Crippen MR) is 108 cm³/mol. The van der Waals surface area contributed by atoms with Crippen molar-refractivity contribution >= 4 is 35.0 Å². The molecule has 5 nitrogen and oxygen atoms in total. The third-order valence-corrected chi connectivity index (χ3v) is 4.08. The summed E-state index contributed by atoms with van der Waals surface area (Å²) in [6.45, 7) is 4.54. The van der Waals surface area contributed by atoms with Gasteiger partial charge >= 0.3 is 0 Å². The van der Waals surface area contributed by atoms with E-state index in [-0.39, 0.29) is 43.2 Å². The Morgan fingerprint density at radius 2 is 1.73 bits per heavy atom. The molecule has 0 saturated heterocycles. The van der Waals surface area contributed by atoms with Gasteiger partial charge in [-0.05, 0) is 28.7 Å². The molecule has 0 aromatic heterocycles. The van der Waals surface area contributed by atoms with Crippen LogP contribution in [0.5, 0.6) is 0 Å². The van der Waals surface area contributed by atoms with Crippen molar-refractivity contribution in [3.05, 3.63) is 48.0 Å². The Morgan fingerprint density at radius 3 is 2.42 bits per heavy atom. The second kappa shape index (κ2) is 10.8. The SMILES string of the molecule is CC(C)CC(CN)NC(=O)CNC(=O)Cc1cccc2ccccc12.Cl. The van der Waals surface area contributed by atoms with E-state index < -0.39 is 0 Å². The van der Waals surface area contributed by atoms with Crippen LogP contribution in [0.15, 0.2) is 42.5 Å². The van der Waals surface area contributed by atoms with Gasteiger partial charge < -0.3 is 16.4 Å². The van der Waals surface area contributed by atoms with Crippen molar-refractivity contribution in [2.45, 2.75) is 32.7 Å². The van der Waals surface area contributed by atoms with Gasteiger partial charge in [-0.2, -0.15) is 0 Å². The van der Waals surface area contributed by atoms with Gasteiger partial charge in [0.25, 0.3) is 0 Å². The summed E-state index contributed by atoms with van der Waals surface area (Å²) in [4.78, 5) is 24.2. The number of fused-ring (bicyclic) bond motifs is 1. The molecule has 2 aromatic carbocycles. The minimum Gasteiger partial charge on any atom is -0.351 e. The van der Waals surface area contributed by atoms with Crippen molar-refractivity contribution in [2.24, 2.45) is 11.7 Å². The summed E-state index contributed by atoms with van der Waals surface area (Å²) in [7, 11) is 0. The van der Waals surface area contributed by atoms with Crippen LogP contribution in [0, 0.1) is 5.92 Å². The van der Waals surface area contributed by atoms with Gasteiger partial charge in [0.2, 0.25) is 11.8 Å². The van der Waals surface area contributed by atoms with Gasteiger partial charge in [0.1, 0.15) is 0 Å². The molecular weight excluding hydrogens is 350 g/mol. The number of carbonyl (C=O) groups excluding carboxylic acids is 2. The van der Waals surface area contributed by atoms with Gasteiger partial charge in [-0.1, -0.05) is 56.3 Å². The fourth-order valence-electron chi connectivity index (χ4n) is 2.92.